The molecule has 1 heterocycles. The fourth-order valence-corrected chi connectivity index (χ4v) is 2.33. The number of rotatable bonds is 6. The third kappa shape index (κ3) is 4.06. The number of aliphatic carboxylic acids is 1. The van der Waals surface area contributed by atoms with Crippen LogP contribution in [0.1, 0.15) is 6.92 Å². The van der Waals surface area contributed by atoms with Crippen molar-refractivity contribution in [3.63, 3.8) is 0 Å². The highest BCUT2D eigenvalue weighted by molar-refractivity contribution is 7.98. The Balaban J connectivity index is 2.16. The van der Waals surface area contributed by atoms with Crippen LogP contribution in [0.4, 0.5) is 10.6 Å². The molecule has 9 heteroatoms. The molecule has 8 nitrogen and oxygen atoms in total. The molecule has 1 unspecified atom stereocenters. The van der Waals surface area contributed by atoms with E-state index in [1.54, 1.807) is 10.9 Å². The molecule has 0 bridgehead atoms. The van der Waals surface area contributed by atoms with Gasteiger partial charge < -0.3 is 15.5 Å². The summed E-state index contributed by atoms with van der Waals surface area (Å²) in [5.41, 5.74) is -1.27. The highest BCUT2D eigenvalue weighted by Gasteiger charge is 2.30. The van der Waals surface area contributed by atoms with Crippen molar-refractivity contribution in [2.45, 2.75) is 17.4 Å². The molecule has 0 fully saturated rings. The van der Waals surface area contributed by atoms with Gasteiger partial charge in [0.05, 0.1) is 23.3 Å². The first-order valence-corrected chi connectivity index (χ1v) is 8.25. The van der Waals surface area contributed by atoms with Gasteiger partial charge in [-0.15, -0.1) is 11.8 Å². The van der Waals surface area contributed by atoms with Gasteiger partial charge in [-0.3, -0.25) is 5.32 Å². The molecule has 0 radical (unpaired) electrons. The molecule has 0 aliphatic rings. The third-order valence-electron chi connectivity index (χ3n) is 3.24. The van der Waals surface area contributed by atoms with E-state index in [0.29, 0.717) is 5.82 Å². The number of carbonyl (C=O) groups is 2. The van der Waals surface area contributed by atoms with Crippen LogP contribution in [-0.2, 0) is 4.79 Å². The van der Waals surface area contributed by atoms with E-state index in [2.05, 4.69) is 15.7 Å². The zero-order chi connectivity index (χ0) is 17.7. The number of hydrogen-bond acceptors (Lipinski definition) is 5. The number of amides is 2. The van der Waals surface area contributed by atoms with Gasteiger partial charge in [-0.25, -0.2) is 14.3 Å². The van der Waals surface area contributed by atoms with E-state index in [0.717, 1.165) is 17.5 Å². The number of nitrogens with one attached hydrogen (secondary N) is 2. The largest absolute Gasteiger partial charge is 0.479 e. The number of thioether (sulfide) groups is 1. The minimum atomic E-state index is -2.04. The van der Waals surface area contributed by atoms with Crippen LogP contribution in [0.3, 0.4) is 0 Å². The molecule has 128 valence electrons. The maximum Gasteiger partial charge on any atom is 0.337 e. The molecule has 24 heavy (non-hydrogen) atoms. The third-order valence-corrected chi connectivity index (χ3v) is 3.98. The van der Waals surface area contributed by atoms with Gasteiger partial charge in [0.15, 0.2) is 11.4 Å². The van der Waals surface area contributed by atoms with Crippen LogP contribution in [0.2, 0.25) is 0 Å². The molecule has 2 amide bonds. The van der Waals surface area contributed by atoms with E-state index < -0.39 is 24.1 Å². The SMILES string of the molecule is CSc1cnn(-c2ccccc2)c1NC(=O)NCC(C)(O)C(=O)O. The molecule has 1 atom stereocenters. The fourth-order valence-electron chi connectivity index (χ4n) is 1.84. The number of hydrogen-bond donors (Lipinski definition) is 4. The summed E-state index contributed by atoms with van der Waals surface area (Å²) in [4.78, 5) is 23.7. The van der Waals surface area contributed by atoms with Crippen molar-refractivity contribution in [3.8, 4) is 5.69 Å². The van der Waals surface area contributed by atoms with Crippen molar-refractivity contribution < 1.29 is 19.8 Å². The summed E-state index contributed by atoms with van der Waals surface area (Å²) in [6.45, 7) is 0.680. The Labute approximate surface area is 142 Å². The molecule has 0 aliphatic carbocycles. The minimum Gasteiger partial charge on any atom is -0.479 e. The molecule has 0 saturated carbocycles. The zero-order valence-corrected chi connectivity index (χ0v) is 14.0. The van der Waals surface area contributed by atoms with E-state index in [-0.39, 0.29) is 0 Å². The van der Waals surface area contributed by atoms with Crippen molar-refractivity contribution in [1.29, 1.82) is 0 Å². The van der Waals surface area contributed by atoms with E-state index in [9.17, 15) is 14.7 Å². The number of aromatic nitrogens is 2. The van der Waals surface area contributed by atoms with Crippen LogP contribution in [-0.4, -0.2) is 50.4 Å². The number of carbonyl (C=O) groups excluding carboxylic acids is 1. The maximum absolute atomic E-state index is 12.1. The van der Waals surface area contributed by atoms with E-state index >= 15 is 0 Å². The first-order chi connectivity index (χ1) is 11.3. The standard InChI is InChI=1S/C15H18N4O4S/c1-15(23,13(20)21)9-16-14(22)18-12-11(24-2)8-17-19(12)10-6-4-3-5-7-10/h3-8,23H,9H2,1-2H3,(H,20,21)(H2,16,18,22). The van der Waals surface area contributed by atoms with Crippen molar-refractivity contribution in [1.82, 2.24) is 15.1 Å². The van der Waals surface area contributed by atoms with Crippen molar-refractivity contribution in [3.05, 3.63) is 36.5 Å². The van der Waals surface area contributed by atoms with Crippen molar-refractivity contribution in [2.24, 2.45) is 0 Å². The zero-order valence-electron chi connectivity index (χ0n) is 13.2. The average Bonchev–Trinajstić information content (AvgIpc) is 2.96. The van der Waals surface area contributed by atoms with Gasteiger partial charge in [0, 0.05) is 0 Å². The van der Waals surface area contributed by atoms with E-state index in [1.807, 2.05) is 36.6 Å². The maximum atomic E-state index is 12.1. The summed E-state index contributed by atoms with van der Waals surface area (Å²) >= 11 is 1.41. The molecular formula is C15H18N4O4S. The summed E-state index contributed by atoms with van der Waals surface area (Å²) in [6.07, 6.45) is 3.48. The molecule has 0 saturated heterocycles. The molecule has 4 N–H and O–H groups in total. The number of anilines is 1. The van der Waals surface area contributed by atoms with Crippen LogP contribution in [0.5, 0.6) is 0 Å². The molecule has 2 rings (SSSR count). The molecule has 1 aromatic heterocycles. The van der Waals surface area contributed by atoms with Crippen LogP contribution in [0.25, 0.3) is 5.69 Å². The normalized spacial score (nSPS) is 13.1. The molecule has 1 aromatic carbocycles. The predicted molar refractivity (Wildman–Crippen MR) is 90.6 cm³/mol. The van der Waals surface area contributed by atoms with Gasteiger partial charge in [0.1, 0.15) is 0 Å². The first-order valence-electron chi connectivity index (χ1n) is 7.03. The Hall–Kier alpha value is -2.52. The van der Waals surface area contributed by atoms with Gasteiger partial charge >= 0.3 is 12.0 Å². The smallest absolute Gasteiger partial charge is 0.337 e. The number of carboxylic acids is 1. The summed E-state index contributed by atoms with van der Waals surface area (Å²) in [5, 5.41) is 27.7. The number of nitrogens with zero attached hydrogens (tertiary/aromatic N) is 2. The number of urea groups is 1. The highest BCUT2D eigenvalue weighted by atomic mass is 32.2. The number of carboxylic acid groups (broad SMARTS) is 1. The lowest BCUT2D eigenvalue weighted by molar-refractivity contribution is -0.155. The monoisotopic (exact) mass is 350 g/mol. The average molecular weight is 350 g/mol. The van der Waals surface area contributed by atoms with Crippen LogP contribution in [0.15, 0.2) is 41.4 Å². The molecular weight excluding hydrogens is 332 g/mol. The summed E-state index contributed by atoms with van der Waals surface area (Å²) in [6, 6.07) is 8.62. The Morgan fingerprint density at radius 3 is 2.58 bits per heavy atom. The van der Waals surface area contributed by atoms with Gasteiger partial charge in [0.2, 0.25) is 0 Å². The Kier molecular flexibility index (Phi) is 5.47. The lowest BCUT2D eigenvalue weighted by Crippen LogP contribution is -2.47. The Morgan fingerprint density at radius 2 is 2.00 bits per heavy atom. The molecule has 0 spiro atoms. The summed E-state index contributed by atoms with van der Waals surface area (Å²) in [5.74, 6) is -0.955. The van der Waals surface area contributed by atoms with Crippen LogP contribution >= 0.6 is 11.8 Å². The van der Waals surface area contributed by atoms with Crippen molar-refractivity contribution in [2.75, 3.05) is 18.1 Å². The molecule has 0 aliphatic heterocycles. The van der Waals surface area contributed by atoms with E-state index in [4.69, 9.17) is 5.11 Å². The summed E-state index contributed by atoms with van der Waals surface area (Å²) < 4.78 is 1.57. The van der Waals surface area contributed by atoms with E-state index in [1.165, 1.54) is 11.8 Å². The second-order valence-corrected chi connectivity index (χ2v) is 6.04. The Morgan fingerprint density at radius 1 is 1.33 bits per heavy atom. The second kappa shape index (κ2) is 7.37. The van der Waals surface area contributed by atoms with Crippen LogP contribution in [0, 0.1) is 0 Å². The lowest BCUT2D eigenvalue weighted by Gasteiger charge is -2.18. The summed E-state index contributed by atoms with van der Waals surface area (Å²) in [7, 11) is 0. The van der Waals surface area contributed by atoms with Gasteiger partial charge in [-0.1, -0.05) is 18.2 Å². The quantitative estimate of drug-likeness (QED) is 0.587. The highest BCUT2D eigenvalue weighted by Crippen LogP contribution is 2.27. The lowest BCUT2D eigenvalue weighted by atomic mass is 10.1. The molecule has 2 aromatic rings. The second-order valence-electron chi connectivity index (χ2n) is 5.20. The minimum absolute atomic E-state index is 0.428. The van der Waals surface area contributed by atoms with Gasteiger partial charge in [0.25, 0.3) is 0 Å². The number of aliphatic hydroxyl groups is 1. The Bertz CT molecular complexity index is 730. The number of para-hydroxylation sites is 1. The van der Waals surface area contributed by atoms with Gasteiger partial charge in [-0.05, 0) is 25.3 Å². The van der Waals surface area contributed by atoms with Crippen LogP contribution < -0.4 is 10.6 Å². The van der Waals surface area contributed by atoms with Gasteiger partial charge in [-0.2, -0.15) is 5.10 Å². The number of benzene rings is 1. The first kappa shape index (κ1) is 17.8. The topological polar surface area (TPSA) is 116 Å². The van der Waals surface area contributed by atoms with Crippen molar-refractivity contribution >= 4 is 29.6 Å². The predicted octanol–water partition coefficient (Wildman–Crippen LogP) is 1.55. The fraction of sp³-hybridized carbons (Fsp3) is 0.267.